The van der Waals surface area contributed by atoms with Gasteiger partial charge >= 0.3 is 0 Å². The number of methoxy groups -OCH3 is 1. The first-order chi connectivity index (χ1) is 15.3. The lowest BCUT2D eigenvalue weighted by atomic mass is 10.1. The summed E-state index contributed by atoms with van der Waals surface area (Å²) in [4.78, 5) is 29.1. The SMILES string of the molecule is CCC(C(=O)NCC(C)C)N(Cc1ccc(OC)cc1)C(=O)CCSc1ccc(C)cc1. The molecule has 1 N–H and O–H groups in total. The van der Waals surface area contributed by atoms with Crippen LogP contribution in [0.25, 0.3) is 0 Å². The number of nitrogens with zero attached hydrogens (tertiary/aromatic N) is 1. The Labute approximate surface area is 196 Å². The first-order valence-corrected chi connectivity index (χ1v) is 12.2. The van der Waals surface area contributed by atoms with Crippen LogP contribution in [0.5, 0.6) is 5.75 Å². The quantitative estimate of drug-likeness (QED) is 0.453. The molecule has 0 spiro atoms. The molecule has 0 radical (unpaired) electrons. The number of carbonyl (C=O) groups excluding carboxylic acids is 2. The lowest BCUT2D eigenvalue weighted by Gasteiger charge is -2.31. The summed E-state index contributed by atoms with van der Waals surface area (Å²) in [6.07, 6.45) is 0.944. The van der Waals surface area contributed by atoms with Crippen molar-refractivity contribution in [1.29, 1.82) is 0 Å². The maximum Gasteiger partial charge on any atom is 0.242 e. The van der Waals surface area contributed by atoms with Gasteiger partial charge in [-0.1, -0.05) is 50.6 Å². The predicted octanol–water partition coefficient (Wildman–Crippen LogP) is 5.07. The van der Waals surface area contributed by atoms with Gasteiger partial charge in [0.25, 0.3) is 0 Å². The summed E-state index contributed by atoms with van der Waals surface area (Å²) in [7, 11) is 1.63. The molecule has 2 aromatic carbocycles. The van der Waals surface area contributed by atoms with E-state index in [2.05, 4.69) is 50.4 Å². The summed E-state index contributed by atoms with van der Waals surface area (Å²) < 4.78 is 5.24. The normalized spacial score (nSPS) is 11.8. The van der Waals surface area contributed by atoms with Gasteiger partial charge in [-0.3, -0.25) is 9.59 Å². The molecule has 0 saturated carbocycles. The van der Waals surface area contributed by atoms with Crippen LogP contribution < -0.4 is 10.1 Å². The predicted molar refractivity (Wildman–Crippen MR) is 132 cm³/mol. The van der Waals surface area contributed by atoms with Gasteiger partial charge in [-0.25, -0.2) is 0 Å². The van der Waals surface area contributed by atoms with E-state index in [0.717, 1.165) is 16.2 Å². The molecule has 1 atom stereocenters. The third-order valence-electron chi connectivity index (χ3n) is 5.19. The zero-order chi connectivity index (χ0) is 23.5. The van der Waals surface area contributed by atoms with E-state index >= 15 is 0 Å². The maximum absolute atomic E-state index is 13.3. The van der Waals surface area contributed by atoms with Crippen molar-refractivity contribution in [2.45, 2.75) is 58.0 Å². The number of hydrogen-bond donors (Lipinski definition) is 1. The highest BCUT2D eigenvalue weighted by atomic mass is 32.2. The minimum Gasteiger partial charge on any atom is -0.497 e. The molecule has 0 heterocycles. The van der Waals surface area contributed by atoms with Crippen LogP contribution in [0.4, 0.5) is 0 Å². The van der Waals surface area contributed by atoms with Gasteiger partial charge in [-0.05, 0) is 49.1 Å². The van der Waals surface area contributed by atoms with Gasteiger partial charge in [-0.15, -0.1) is 11.8 Å². The molecule has 0 aliphatic rings. The Morgan fingerprint density at radius 1 is 1.06 bits per heavy atom. The van der Waals surface area contributed by atoms with Crippen molar-refractivity contribution < 1.29 is 14.3 Å². The second-order valence-corrected chi connectivity index (χ2v) is 9.51. The van der Waals surface area contributed by atoms with Crippen molar-refractivity contribution >= 4 is 23.6 Å². The highest BCUT2D eigenvalue weighted by Crippen LogP contribution is 2.21. The molecule has 32 heavy (non-hydrogen) atoms. The van der Waals surface area contributed by atoms with Gasteiger partial charge in [-0.2, -0.15) is 0 Å². The van der Waals surface area contributed by atoms with Crippen LogP contribution >= 0.6 is 11.8 Å². The average molecular weight is 457 g/mol. The van der Waals surface area contributed by atoms with E-state index in [1.807, 2.05) is 31.2 Å². The molecule has 0 saturated heterocycles. The minimum atomic E-state index is -0.493. The van der Waals surface area contributed by atoms with Gasteiger partial charge in [0.05, 0.1) is 7.11 Å². The lowest BCUT2D eigenvalue weighted by Crippen LogP contribution is -2.49. The van der Waals surface area contributed by atoms with Gasteiger partial charge in [0.15, 0.2) is 0 Å². The summed E-state index contributed by atoms with van der Waals surface area (Å²) in [5, 5.41) is 3.00. The molecule has 174 valence electrons. The molecular formula is C26H36N2O3S. The number of thioether (sulfide) groups is 1. The van der Waals surface area contributed by atoms with Crippen LogP contribution in [-0.4, -0.2) is 42.2 Å². The van der Waals surface area contributed by atoms with E-state index in [9.17, 15) is 9.59 Å². The van der Waals surface area contributed by atoms with Gasteiger partial charge in [0.1, 0.15) is 11.8 Å². The third kappa shape index (κ3) is 8.23. The van der Waals surface area contributed by atoms with Crippen LogP contribution in [-0.2, 0) is 16.1 Å². The third-order valence-corrected chi connectivity index (χ3v) is 6.20. The van der Waals surface area contributed by atoms with E-state index in [0.29, 0.717) is 37.6 Å². The van der Waals surface area contributed by atoms with Crippen molar-refractivity contribution in [3.63, 3.8) is 0 Å². The van der Waals surface area contributed by atoms with E-state index in [4.69, 9.17) is 4.74 Å². The number of rotatable bonds is 12. The van der Waals surface area contributed by atoms with Crippen molar-refractivity contribution in [2.75, 3.05) is 19.4 Å². The first-order valence-electron chi connectivity index (χ1n) is 11.2. The van der Waals surface area contributed by atoms with Crippen LogP contribution in [0.1, 0.15) is 44.7 Å². The number of benzene rings is 2. The molecule has 0 aromatic heterocycles. The number of carbonyl (C=O) groups is 2. The average Bonchev–Trinajstić information content (AvgIpc) is 2.79. The van der Waals surface area contributed by atoms with E-state index in [-0.39, 0.29) is 11.8 Å². The molecule has 0 aliphatic heterocycles. The Morgan fingerprint density at radius 2 is 1.72 bits per heavy atom. The van der Waals surface area contributed by atoms with Crippen molar-refractivity contribution in [1.82, 2.24) is 10.2 Å². The number of amides is 2. The van der Waals surface area contributed by atoms with Crippen molar-refractivity contribution in [3.8, 4) is 5.75 Å². The zero-order valence-electron chi connectivity index (χ0n) is 19.9. The minimum absolute atomic E-state index is 0.00743. The van der Waals surface area contributed by atoms with Gasteiger partial charge < -0.3 is 15.0 Å². The molecule has 0 aliphatic carbocycles. The first kappa shape index (κ1) is 25.8. The highest BCUT2D eigenvalue weighted by molar-refractivity contribution is 7.99. The second-order valence-electron chi connectivity index (χ2n) is 8.34. The molecule has 0 bridgehead atoms. The Balaban J connectivity index is 2.11. The smallest absolute Gasteiger partial charge is 0.242 e. The Bertz CT molecular complexity index is 850. The number of nitrogens with one attached hydrogen (secondary N) is 1. The summed E-state index contributed by atoms with van der Waals surface area (Å²) in [5.41, 5.74) is 2.19. The van der Waals surface area contributed by atoms with Crippen molar-refractivity contribution in [3.05, 3.63) is 59.7 Å². The molecule has 0 fully saturated rings. The van der Waals surface area contributed by atoms with Crippen LogP contribution in [0.2, 0.25) is 0 Å². The van der Waals surface area contributed by atoms with Crippen LogP contribution in [0.3, 0.4) is 0 Å². The van der Waals surface area contributed by atoms with Crippen LogP contribution in [0.15, 0.2) is 53.4 Å². The molecule has 5 nitrogen and oxygen atoms in total. The van der Waals surface area contributed by atoms with Gasteiger partial charge in [0.2, 0.25) is 11.8 Å². The lowest BCUT2D eigenvalue weighted by molar-refractivity contribution is -0.141. The summed E-state index contributed by atoms with van der Waals surface area (Å²) in [5.74, 6) is 1.70. The number of aryl methyl sites for hydroxylation is 1. The fourth-order valence-corrected chi connectivity index (χ4v) is 4.14. The zero-order valence-corrected chi connectivity index (χ0v) is 20.7. The summed E-state index contributed by atoms with van der Waals surface area (Å²) in [6.45, 7) is 9.13. The molecule has 2 rings (SSSR count). The molecular weight excluding hydrogens is 420 g/mol. The summed E-state index contributed by atoms with van der Waals surface area (Å²) >= 11 is 1.66. The fraction of sp³-hybridized carbons (Fsp3) is 0.462. The maximum atomic E-state index is 13.3. The Morgan fingerprint density at radius 3 is 2.28 bits per heavy atom. The fourth-order valence-electron chi connectivity index (χ4n) is 3.30. The summed E-state index contributed by atoms with van der Waals surface area (Å²) in [6, 6.07) is 15.5. The van der Waals surface area contributed by atoms with E-state index in [1.165, 1.54) is 5.56 Å². The largest absolute Gasteiger partial charge is 0.497 e. The Kier molecular flexibility index (Phi) is 10.6. The number of hydrogen-bond acceptors (Lipinski definition) is 4. The molecule has 2 amide bonds. The highest BCUT2D eigenvalue weighted by Gasteiger charge is 2.28. The van der Waals surface area contributed by atoms with Gasteiger partial charge in [0, 0.05) is 30.2 Å². The second kappa shape index (κ2) is 13.2. The van der Waals surface area contributed by atoms with E-state index < -0.39 is 6.04 Å². The molecule has 2 aromatic rings. The van der Waals surface area contributed by atoms with E-state index in [1.54, 1.807) is 23.8 Å². The monoisotopic (exact) mass is 456 g/mol. The molecule has 1 unspecified atom stereocenters. The van der Waals surface area contributed by atoms with Crippen LogP contribution in [0, 0.1) is 12.8 Å². The molecule has 6 heteroatoms. The Hall–Kier alpha value is -2.47. The topological polar surface area (TPSA) is 58.6 Å². The standard InChI is InChI=1S/C26H36N2O3S/c1-6-24(26(30)27-17-19(2)3)28(18-21-9-11-22(31-5)12-10-21)25(29)15-16-32-23-13-7-20(4)8-14-23/h7-14,19,24H,6,15-18H2,1-5H3,(H,27,30). The van der Waals surface area contributed by atoms with Crippen molar-refractivity contribution in [2.24, 2.45) is 5.92 Å². The number of ether oxygens (including phenoxy) is 1.